The van der Waals surface area contributed by atoms with Crippen LogP contribution in [0.25, 0.3) is 0 Å². The van der Waals surface area contributed by atoms with Gasteiger partial charge < -0.3 is 15.4 Å². The SMILES string of the molecule is CC(C)CCCC(C)NC(=O)COC(=O)CN1C(=O)NC2(CCCc3ccccc32)C1=O. The first-order chi connectivity index (χ1) is 15.2. The summed E-state index contributed by atoms with van der Waals surface area (Å²) in [6.07, 6.45) is 5.04. The fourth-order valence-electron chi connectivity index (χ4n) is 4.50. The second-order valence-electron chi connectivity index (χ2n) is 9.19. The van der Waals surface area contributed by atoms with Gasteiger partial charge in [-0.05, 0) is 49.7 Å². The molecule has 1 aromatic rings. The molecule has 1 heterocycles. The number of imide groups is 1. The molecule has 1 aromatic carbocycles. The standard InChI is InChI=1S/C24H33N3O5/c1-16(2)8-6-9-17(3)25-20(28)15-32-21(29)14-27-22(30)24(26-23(27)31)13-7-11-18-10-4-5-12-19(18)24/h4-5,10,12,16-17H,6-9,11,13-15H2,1-3H3,(H,25,28)(H,26,31). The Morgan fingerprint density at radius 2 is 1.94 bits per heavy atom. The molecule has 3 rings (SSSR count). The number of hydrogen-bond donors (Lipinski definition) is 2. The highest BCUT2D eigenvalue weighted by Gasteiger charge is 2.54. The molecule has 4 amide bonds. The normalized spacial score (nSPS) is 20.8. The first-order valence-corrected chi connectivity index (χ1v) is 11.4. The molecule has 0 saturated carbocycles. The molecule has 0 bridgehead atoms. The van der Waals surface area contributed by atoms with Crippen molar-refractivity contribution in [1.29, 1.82) is 0 Å². The number of amides is 4. The summed E-state index contributed by atoms with van der Waals surface area (Å²) < 4.78 is 5.03. The first kappa shape index (κ1) is 23.8. The van der Waals surface area contributed by atoms with Gasteiger partial charge in [-0.3, -0.25) is 19.3 Å². The molecule has 0 radical (unpaired) electrons. The number of hydrogen-bond acceptors (Lipinski definition) is 5. The fraction of sp³-hybridized carbons (Fsp3) is 0.583. The number of rotatable bonds is 9. The number of ether oxygens (including phenoxy) is 1. The maximum Gasteiger partial charge on any atom is 0.326 e. The maximum absolute atomic E-state index is 13.2. The third kappa shape index (κ3) is 5.29. The van der Waals surface area contributed by atoms with Gasteiger partial charge in [0, 0.05) is 6.04 Å². The van der Waals surface area contributed by atoms with Crippen molar-refractivity contribution in [3.05, 3.63) is 35.4 Å². The van der Waals surface area contributed by atoms with Crippen LogP contribution in [0.2, 0.25) is 0 Å². The molecule has 0 aromatic heterocycles. The number of carbonyl (C=O) groups excluding carboxylic acids is 4. The van der Waals surface area contributed by atoms with E-state index >= 15 is 0 Å². The quantitative estimate of drug-likeness (QED) is 0.451. The number of fused-ring (bicyclic) bond motifs is 2. The Labute approximate surface area is 189 Å². The van der Waals surface area contributed by atoms with E-state index in [1.54, 1.807) is 0 Å². The number of urea groups is 1. The predicted octanol–water partition coefficient (Wildman–Crippen LogP) is 2.64. The van der Waals surface area contributed by atoms with Gasteiger partial charge in [0.25, 0.3) is 11.8 Å². The second kappa shape index (κ2) is 10.1. The van der Waals surface area contributed by atoms with E-state index in [1.165, 1.54) is 0 Å². The smallest absolute Gasteiger partial charge is 0.326 e. The van der Waals surface area contributed by atoms with Crippen LogP contribution in [0.5, 0.6) is 0 Å². The predicted molar refractivity (Wildman–Crippen MR) is 119 cm³/mol. The lowest BCUT2D eigenvalue weighted by molar-refractivity contribution is -0.151. The Bertz CT molecular complexity index is 884. The topological polar surface area (TPSA) is 105 Å². The van der Waals surface area contributed by atoms with Crippen molar-refractivity contribution in [3.8, 4) is 0 Å². The minimum Gasteiger partial charge on any atom is -0.454 e. The van der Waals surface area contributed by atoms with E-state index < -0.39 is 42.5 Å². The van der Waals surface area contributed by atoms with Crippen molar-refractivity contribution < 1.29 is 23.9 Å². The van der Waals surface area contributed by atoms with Crippen LogP contribution in [0.1, 0.15) is 64.0 Å². The largest absolute Gasteiger partial charge is 0.454 e. The minimum atomic E-state index is -1.13. The zero-order chi connectivity index (χ0) is 23.3. The van der Waals surface area contributed by atoms with Gasteiger partial charge in [-0.2, -0.15) is 0 Å². The van der Waals surface area contributed by atoms with Crippen molar-refractivity contribution in [2.24, 2.45) is 5.92 Å². The van der Waals surface area contributed by atoms with E-state index in [9.17, 15) is 19.2 Å². The van der Waals surface area contributed by atoms with Crippen molar-refractivity contribution in [3.63, 3.8) is 0 Å². The molecule has 8 heteroatoms. The number of benzene rings is 1. The summed E-state index contributed by atoms with van der Waals surface area (Å²) in [4.78, 5) is 50.9. The molecular formula is C24H33N3O5. The first-order valence-electron chi connectivity index (χ1n) is 11.4. The van der Waals surface area contributed by atoms with Crippen molar-refractivity contribution in [2.45, 2.75) is 70.9 Å². The Morgan fingerprint density at radius 1 is 1.19 bits per heavy atom. The summed E-state index contributed by atoms with van der Waals surface area (Å²) >= 11 is 0. The van der Waals surface area contributed by atoms with Crippen LogP contribution in [-0.2, 0) is 31.1 Å². The highest BCUT2D eigenvalue weighted by atomic mass is 16.5. The van der Waals surface area contributed by atoms with Gasteiger partial charge in [-0.15, -0.1) is 0 Å². The summed E-state index contributed by atoms with van der Waals surface area (Å²) in [6.45, 7) is 5.26. The number of aryl methyl sites for hydroxylation is 1. The van der Waals surface area contributed by atoms with E-state index in [0.717, 1.165) is 48.1 Å². The maximum atomic E-state index is 13.2. The number of nitrogens with zero attached hydrogens (tertiary/aromatic N) is 1. The lowest BCUT2D eigenvalue weighted by Crippen LogP contribution is -2.47. The molecular weight excluding hydrogens is 410 g/mol. The Kier molecular flexibility index (Phi) is 7.53. The summed E-state index contributed by atoms with van der Waals surface area (Å²) in [6, 6.07) is 6.91. The third-order valence-electron chi connectivity index (χ3n) is 6.13. The molecule has 2 N–H and O–H groups in total. The number of nitrogens with one attached hydrogen (secondary N) is 2. The third-order valence-corrected chi connectivity index (χ3v) is 6.13. The van der Waals surface area contributed by atoms with Crippen LogP contribution in [0.4, 0.5) is 4.79 Å². The molecule has 1 aliphatic heterocycles. The number of esters is 1. The van der Waals surface area contributed by atoms with Gasteiger partial charge in [0.1, 0.15) is 12.1 Å². The van der Waals surface area contributed by atoms with Crippen LogP contribution in [0.3, 0.4) is 0 Å². The highest BCUT2D eigenvalue weighted by molar-refractivity contribution is 6.09. The molecule has 32 heavy (non-hydrogen) atoms. The fourth-order valence-corrected chi connectivity index (χ4v) is 4.50. The molecule has 1 spiro atoms. The van der Waals surface area contributed by atoms with E-state index in [4.69, 9.17) is 4.74 Å². The minimum absolute atomic E-state index is 0.0166. The average Bonchev–Trinajstić information content (AvgIpc) is 2.97. The molecule has 2 atom stereocenters. The van der Waals surface area contributed by atoms with Gasteiger partial charge >= 0.3 is 12.0 Å². The van der Waals surface area contributed by atoms with Crippen molar-refractivity contribution in [2.75, 3.05) is 13.2 Å². The van der Waals surface area contributed by atoms with Gasteiger partial charge in [0.05, 0.1) is 0 Å². The second-order valence-corrected chi connectivity index (χ2v) is 9.19. The van der Waals surface area contributed by atoms with E-state index in [0.29, 0.717) is 12.3 Å². The monoisotopic (exact) mass is 443 g/mol. The zero-order valence-corrected chi connectivity index (χ0v) is 19.1. The Morgan fingerprint density at radius 3 is 2.69 bits per heavy atom. The van der Waals surface area contributed by atoms with Crippen LogP contribution < -0.4 is 10.6 Å². The van der Waals surface area contributed by atoms with Crippen LogP contribution in [-0.4, -0.2) is 47.9 Å². The van der Waals surface area contributed by atoms with Gasteiger partial charge in [0.2, 0.25) is 0 Å². The molecule has 1 saturated heterocycles. The Hall–Kier alpha value is -2.90. The summed E-state index contributed by atoms with van der Waals surface area (Å²) in [7, 11) is 0. The average molecular weight is 444 g/mol. The van der Waals surface area contributed by atoms with Crippen molar-refractivity contribution >= 4 is 23.8 Å². The molecule has 2 unspecified atom stereocenters. The van der Waals surface area contributed by atoms with E-state index in [2.05, 4.69) is 24.5 Å². The molecule has 1 fully saturated rings. The van der Waals surface area contributed by atoms with Gasteiger partial charge in [-0.1, -0.05) is 51.0 Å². The summed E-state index contributed by atoms with van der Waals surface area (Å²) in [5.74, 6) is -1.03. The van der Waals surface area contributed by atoms with Gasteiger partial charge in [-0.25, -0.2) is 4.79 Å². The molecule has 2 aliphatic rings. The van der Waals surface area contributed by atoms with Crippen LogP contribution in [0.15, 0.2) is 24.3 Å². The van der Waals surface area contributed by atoms with E-state index in [1.807, 2.05) is 31.2 Å². The highest BCUT2D eigenvalue weighted by Crippen LogP contribution is 2.39. The van der Waals surface area contributed by atoms with Gasteiger partial charge in [0.15, 0.2) is 6.61 Å². The molecule has 174 valence electrons. The summed E-state index contributed by atoms with van der Waals surface area (Å²) in [5.41, 5.74) is 0.678. The molecule has 8 nitrogen and oxygen atoms in total. The van der Waals surface area contributed by atoms with Crippen LogP contribution >= 0.6 is 0 Å². The van der Waals surface area contributed by atoms with Crippen LogP contribution in [0, 0.1) is 5.92 Å². The molecule has 1 aliphatic carbocycles. The zero-order valence-electron chi connectivity index (χ0n) is 19.1. The van der Waals surface area contributed by atoms with E-state index in [-0.39, 0.29) is 6.04 Å². The Balaban J connectivity index is 1.51. The lowest BCUT2D eigenvalue weighted by Gasteiger charge is -2.33. The number of carbonyl (C=O) groups is 4. The summed E-state index contributed by atoms with van der Waals surface area (Å²) in [5, 5.41) is 5.60. The van der Waals surface area contributed by atoms with Crippen molar-refractivity contribution in [1.82, 2.24) is 15.5 Å². The lowest BCUT2D eigenvalue weighted by atomic mass is 9.76.